The maximum atomic E-state index is 12.4. The van der Waals surface area contributed by atoms with E-state index in [1.165, 1.54) is 6.92 Å². The van der Waals surface area contributed by atoms with Gasteiger partial charge in [0.1, 0.15) is 11.6 Å². The number of rotatable bonds is 2. The Hall–Kier alpha value is -2.43. The van der Waals surface area contributed by atoms with Crippen LogP contribution in [0.1, 0.15) is 19.4 Å². The molecule has 2 heterocycles. The Balaban J connectivity index is 2.07. The van der Waals surface area contributed by atoms with Crippen molar-refractivity contribution < 1.29 is 14.6 Å². The summed E-state index contributed by atoms with van der Waals surface area (Å²) >= 11 is 0. The second-order valence-corrected chi connectivity index (χ2v) is 5.28. The Bertz CT molecular complexity index is 754. The van der Waals surface area contributed by atoms with E-state index in [9.17, 15) is 9.90 Å². The van der Waals surface area contributed by atoms with Gasteiger partial charge < -0.3 is 14.8 Å². The zero-order valence-electron chi connectivity index (χ0n) is 12.4. The molecule has 1 aliphatic rings. The van der Waals surface area contributed by atoms with Crippen LogP contribution in [0.2, 0.25) is 0 Å². The summed E-state index contributed by atoms with van der Waals surface area (Å²) in [6.45, 7) is 3.79. The van der Waals surface area contributed by atoms with Crippen LogP contribution in [0.4, 0.5) is 5.82 Å². The van der Waals surface area contributed by atoms with Crippen LogP contribution >= 0.6 is 0 Å². The van der Waals surface area contributed by atoms with Crippen molar-refractivity contribution in [3.8, 4) is 5.75 Å². The van der Waals surface area contributed by atoms with E-state index >= 15 is 0 Å². The van der Waals surface area contributed by atoms with Gasteiger partial charge in [0.05, 0.1) is 18.4 Å². The molecular formula is C16H18N2O3. The standard InChI is InChI=1S/C16H18N2O3/c1-9(10(2)19)16(20)18-7-6-12-13-8-11(21-3)4-5-14(13)17-15(12)18/h4-5,8,17,19H,6-7H2,1-3H3/b10-9-. The summed E-state index contributed by atoms with van der Waals surface area (Å²) in [5.41, 5.74) is 2.49. The number of hydrogen-bond acceptors (Lipinski definition) is 3. The zero-order chi connectivity index (χ0) is 15.1. The highest BCUT2D eigenvalue weighted by Crippen LogP contribution is 2.36. The first-order chi connectivity index (χ1) is 10.0. The van der Waals surface area contributed by atoms with E-state index in [1.54, 1.807) is 18.9 Å². The SMILES string of the molecule is COc1ccc2[nH]c3c(c2c1)CCN3C(=O)/C(C)=C(/C)O. The summed E-state index contributed by atoms with van der Waals surface area (Å²) in [4.78, 5) is 17.4. The third-order valence-corrected chi connectivity index (χ3v) is 4.05. The van der Waals surface area contributed by atoms with Crippen molar-refractivity contribution in [3.63, 3.8) is 0 Å². The molecule has 1 aliphatic heterocycles. The van der Waals surface area contributed by atoms with E-state index in [0.717, 1.165) is 34.5 Å². The molecule has 5 nitrogen and oxygen atoms in total. The van der Waals surface area contributed by atoms with E-state index in [0.29, 0.717) is 12.1 Å². The van der Waals surface area contributed by atoms with Crippen molar-refractivity contribution in [3.05, 3.63) is 35.1 Å². The molecule has 1 amide bonds. The number of nitrogens with zero attached hydrogens (tertiary/aromatic N) is 1. The predicted molar refractivity (Wildman–Crippen MR) is 81.9 cm³/mol. The number of carbonyl (C=O) groups is 1. The van der Waals surface area contributed by atoms with E-state index in [-0.39, 0.29) is 11.7 Å². The first-order valence-corrected chi connectivity index (χ1v) is 6.90. The number of aliphatic hydroxyl groups excluding tert-OH is 1. The lowest BCUT2D eigenvalue weighted by Gasteiger charge is -2.16. The Morgan fingerprint density at radius 3 is 2.81 bits per heavy atom. The van der Waals surface area contributed by atoms with Crippen LogP contribution in [0, 0.1) is 0 Å². The van der Waals surface area contributed by atoms with Crippen molar-refractivity contribution >= 4 is 22.6 Å². The van der Waals surface area contributed by atoms with Gasteiger partial charge in [-0.15, -0.1) is 0 Å². The lowest BCUT2D eigenvalue weighted by molar-refractivity contribution is -0.115. The number of aromatic amines is 1. The summed E-state index contributed by atoms with van der Waals surface area (Å²) < 4.78 is 5.26. The monoisotopic (exact) mass is 286 g/mol. The summed E-state index contributed by atoms with van der Waals surface area (Å²) in [5, 5.41) is 10.6. The highest BCUT2D eigenvalue weighted by atomic mass is 16.5. The van der Waals surface area contributed by atoms with Crippen molar-refractivity contribution in [2.24, 2.45) is 0 Å². The fraction of sp³-hybridized carbons (Fsp3) is 0.312. The van der Waals surface area contributed by atoms with Gasteiger partial charge in [-0.1, -0.05) is 0 Å². The summed E-state index contributed by atoms with van der Waals surface area (Å²) in [6, 6.07) is 5.83. The molecule has 3 rings (SSSR count). The molecule has 0 radical (unpaired) electrons. The number of aliphatic hydroxyl groups is 1. The van der Waals surface area contributed by atoms with Crippen LogP contribution in [0.3, 0.4) is 0 Å². The minimum Gasteiger partial charge on any atom is -0.512 e. The number of nitrogens with one attached hydrogen (secondary N) is 1. The molecule has 0 unspecified atom stereocenters. The van der Waals surface area contributed by atoms with E-state index in [2.05, 4.69) is 4.98 Å². The number of methoxy groups -OCH3 is 1. The van der Waals surface area contributed by atoms with E-state index in [1.807, 2.05) is 18.2 Å². The number of hydrogen-bond donors (Lipinski definition) is 2. The lowest BCUT2D eigenvalue weighted by Crippen LogP contribution is -2.30. The van der Waals surface area contributed by atoms with Crippen molar-refractivity contribution in [1.29, 1.82) is 0 Å². The Morgan fingerprint density at radius 1 is 1.38 bits per heavy atom. The molecule has 0 saturated heterocycles. The van der Waals surface area contributed by atoms with Gasteiger partial charge in [-0.3, -0.25) is 9.69 Å². The average molecular weight is 286 g/mol. The van der Waals surface area contributed by atoms with Crippen LogP contribution in [0.25, 0.3) is 10.9 Å². The highest BCUT2D eigenvalue weighted by Gasteiger charge is 2.29. The fourth-order valence-corrected chi connectivity index (χ4v) is 2.72. The minimum absolute atomic E-state index is 0.0613. The van der Waals surface area contributed by atoms with Gasteiger partial charge in [-0.25, -0.2) is 0 Å². The largest absolute Gasteiger partial charge is 0.512 e. The smallest absolute Gasteiger partial charge is 0.258 e. The molecule has 1 aromatic heterocycles. The van der Waals surface area contributed by atoms with Crippen LogP contribution < -0.4 is 9.64 Å². The molecule has 2 aromatic rings. The fourth-order valence-electron chi connectivity index (χ4n) is 2.72. The number of H-pyrrole nitrogens is 1. The average Bonchev–Trinajstić information content (AvgIpc) is 3.03. The van der Waals surface area contributed by atoms with E-state index in [4.69, 9.17) is 4.74 Å². The number of aromatic nitrogens is 1. The van der Waals surface area contributed by atoms with Crippen LogP contribution in [0.15, 0.2) is 29.5 Å². The quantitative estimate of drug-likeness (QED) is 0.659. The van der Waals surface area contributed by atoms with Gasteiger partial charge in [0.15, 0.2) is 0 Å². The maximum absolute atomic E-state index is 12.4. The molecule has 0 fully saturated rings. The molecule has 0 spiro atoms. The normalized spacial score (nSPS) is 15.1. The van der Waals surface area contributed by atoms with Gasteiger partial charge >= 0.3 is 0 Å². The molecule has 0 aliphatic carbocycles. The minimum atomic E-state index is -0.160. The number of benzene rings is 1. The zero-order valence-corrected chi connectivity index (χ0v) is 12.4. The first-order valence-electron chi connectivity index (χ1n) is 6.90. The second-order valence-electron chi connectivity index (χ2n) is 5.28. The molecule has 0 saturated carbocycles. The maximum Gasteiger partial charge on any atom is 0.258 e. The van der Waals surface area contributed by atoms with Gasteiger partial charge in [0, 0.05) is 23.0 Å². The van der Waals surface area contributed by atoms with Crippen molar-refractivity contribution in [2.75, 3.05) is 18.6 Å². The number of ether oxygens (including phenoxy) is 1. The lowest BCUT2D eigenvalue weighted by atomic mass is 10.1. The number of amides is 1. The van der Waals surface area contributed by atoms with Gasteiger partial charge in [-0.05, 0) is 38.5 Å². The summed E-state index contributed by atoms with van der Waals surface area (Å²) in [7, 11) is 1.64. The van der Waals surface area contributed by atoms with Gasteiger partial charge in [-0.2, -0.15) is 0 Å². The Labute approximate surface area is 122 Å². The third kappa shape index (κ3) is 2.05. The molecule has 5 heteroatoms. The molecule has 110 valence electrons. The van der Waals surface area contributed by atoms with Gasteiger partial charge in [0.25, 0.3) is 5.91 Å². The number of anilines is 1. The van der Waals surface area contributed by atoms with Crippen LogP contribution in [-0.2, 0) is 11.2 Å². The first kappa shape index (κ1) is 13.5. The molecule has 0 atom stereocenters. The molecule has 2 N–H and O–H groups in total. The number of carbonyl (C=O) groups excluding carboxylic acids is 1. The number of allylic oxidation sites excluding steroid dienone is 1. The van der Waals surface area contributed by atoms with Crippen molar-refractivity contribution in [2.45, 2.75) is 20.3 Å². The van der Waals surface area contributed by atoms with Gasteiger partial charge in [0.2, 0.25) is 0 Å². The molecular weight excluding hydrogens is 268 g/mol. The summed E-state index contributed by atoms with van der Waals surface area (Å²) in [5.74, 6) is 1.53. The van der Waals surface area contributed by atoms with E-state index < -0.39 is 0 Å². The summed E-state index contributed by atoms with van der Waals surface area (Å²) in [6.07, 6.45) is 0.798. The second kappa shape index (κ2) is 4.84. The highest BCUT2D eigenvalue weighted by molar-refractivity contribution is 6.08. The van der Waals surface area contributed by atoms with Crippen LogP contribution in [-0.4, -0.2) is 29.7 Å². The Morgan fingerprint density at radius 2 is 2.14 bits per heavy atom. The molecule has 0 bridgehead atoms. The van der Waals surface area contributed by atoms with Crippen molar-refractivity contribution in [1.82, 2.24) is 4.98 Å². The Kier molecular flexibility index (Phi) is 3.12. The number of fused-ring (bicyclic) bond motifs is 3. The molecule has 1 aromatic carbocycles. The topological polar surface area (TPSA) is 65.6 Å². The predicted octanol–water partition coefficient (Wildman–Crippen LogP) is 2.92. The third-order valence-electron chi connectivity index (χ3n) is 4.05. The van der Waals surface area contributed by atoms with Crippen LogP contribution in [0.5, 0.6) is 5.75 Å². The molecule has 21 heavy (non-hydrogen) atoms.